The second-order valence-corrected chi connectivity index (χ2v) is 8.02. The van der Waals surface area contributed by atoms with Gasteiger partial charge in [-0.05, 0) is 48.7 Å². The van der Waals surface area contributed by atoms with Crippen molar-refractivity contribution in [3.05, 3.63) is 77.7 Å². The maximum absolute atomic E-state index is 13.9. The summed E-state index contributed by atoms with van der Waals surface area (Å²) in [6.45, 7) is 2.26. The number of halogens is 3. The normalized spacial score (nSPS) is 15.8. The molecule has 4 nitrogen and oxygen atoms in total. The van der Waals surface area contributed by atoms with Crippen LogP contribution in [0.15, 0.2) is 60.8 Å². The second-order valence-electron chi connectivity index (χ2n) is 8.02. The molecule has 1 amide bonds. The Labute approximate surface area is 185 Å². The van der Waals surface area contributed by atoms with Crippen molar-refractivity contribution >= 4 is 17.4 Å². The van der Waals surface area contributed by atoms with Crippen LogP contribution < -0.4 is 10.2 Å². The van der Waals surface area contributed by atoms with Gasteiger partial charge in [0, 0.05) is 43.4 Å². The first kappa shape index (κ1) is 21.9. The molecule has 0 bridgehead atoms. The van der Waals surface area contributed by atoms with E-state index in [4.69, 9.17) is 0 Å². The lowest BCUT2D eigenvalue weighted by Crippen LogP contribution is -2.30. The van der Waals surface area contributed by atoms with Crippen LogP contribution in [0, 0.1) is 12.7 Å². The minimum absolute atomic E-state index is 0.102. The zero-order valence-electron chi connectivity index (χ0n) is 17.7. The number of benzene rings is 2. The fraction of sp³-hybridized carbons (Fsp3) is 0.280. The molecule has 166 valence electrons. The Morgan fingerprint density at radius 2 is 1.84 bits per heavy atom. The van der Waals surface area contributed by atoms with E-state index in [0.717, 1.165) is 0 Å². The maximum Gasteiger partial charge on any atom is 0.259 e. The molecule has 1 aliphatic rings. The molecule has 0 atom stereocenters. The SMILES string of the molecule is Cc1c(-c2cccc(F)c2)cnc(N2CCCC(F)(F)CC2)c1C(=O)Nc1ccccc1. The van der Waals surface area contributed by atoms with E-state index >= 15 is 0 Å². The molecule has 0 spiro atoms. The number of carbonyl (C=O) groups is 1. The molecule has 2 aromatic carbocycles. The molecule has 0 aliphatic carbocycles. The Hall–Kier alpha value is -3.35. The van der Waals surface area contributed by atoms with Crippen molar-refractivity contribution in [3.63, 3.8) is 0 Å². The number of rotatable bonds is 4. The van der Waals surface area contributed by atoms with Gasteiger partial charge in [-0.2, -0.15) is 0 Å². The lowest BCUT2D eigenvalue weighted by molar-refractivity contribution is -0.0102. The van der Waals surface area contributed by atoms with Gasteiger partial charge in [-0.3, -0.25) is 4.79 Å². The summed E-state index contributed by atoms with van der Waals surface area (Å²) in [6.07, 6.45) is 1.41. The first-order chi connectivity index (χ1) is 15.3. The highest BCUT2D eigenvalue weighted by Crippen LogP contribution is 2.34. The van der Waals surface area contributed by atoms with E-state index in [-0.39, 0.29) is 25.3 Å². The van der Waals surface area contributed by atoms with Crippen LogP contribution in [0.25, 0.3) is 11.1 Å². The number of anilines is 2. The molecule has 3 aromatic rings. The molecule has 1 fully saturated rings. The van der Waals surface area contributed by atoms with Crippen LogP contribution in [0.3, 0.4) is 0 Å². The topological polar surface area (TPSA) is 45.2 Å². The molecule has 0 radical (unpaired) electrons. The quantitative estimate of drug-likeness (QED) is 0.536. The summed E-state index contributed by atoms with van der Waals surface area (Å²) in [5.41, 5.74) is 2.75. The zero-order valence-corrected chi connectivity index (χ0v) is 17.7. The first-order valence-corrected chi connectivity index (χ1v) is 10.6. The Morgan fingerprint density at radius 3 is 2.59 bits per heavy atom. The van der Waals surface area contributed by atoms with Crippen LogP contribution in [-0.4, -0.2) is 29.9 Å². The highest BCUT2D eigenvalue weighted by molar-refractivity contribution is 6.09. The van der Waals surface area contributed by atoms with Crippen molar-refractivity contribution < 1.29 is 18.0 Å². The van der Waals surface area contributed by atoms with Crippen molar-refractivity contribution in [2.75, 3.05) is 23.3 Å². The van der Waals surface area contributed by atoms with Gasteiger partial charge in [0.1, 0.15) is 11.6 Å². The Kier molecular flexibility index (Phi) is 6.17. The number of nitrogens with one attached hydrogen (secondary N) is 1. The molecule has 0 unspecified atom stereocenters. The number of alkyl halides is 2. The van der Waals surface area contributed by atoms with Gasteiger partial charge in [0.25, 0.3) is 5.91 Å². The molecule has 1 aromatic heterocycles. The van der Waals surface area contributed by atoms with Gasteiger partial charge in [0.15, 0.2) is 0 Å². The van der Waals surface area contributed by atoms with Gasteiger partial charge in [-0.25, -0.2) is 18.2 Å². The Morgan fingerprint density at radius 1 is 1.06 bits per heavy atom. The summed E-state index contributed by atoms with van der Waals surface area (Å²) >= 11 is 0. The van der Waals surface area contributed by atoms with Crippen LogP contribution in [0.5, 0.6) is 0 Å². The molecule has 1 N–H and O–H groups in total. The third-order valence-electron chi connectivity index (χ3n) is 5.73. The van der Waals surface area contributed by atoms with Gasteiger partial charge in [0.05, 0.1) is 5.56 Å². The molecule has 1 aliphatic heterocycles. The van der Waals surface area contributed by atoms with Gasteiger partial charge in [-0.15, -0.1) is 0 Å². The second kappa shape index (κ2) is 9.02. The van der Waals surface area contributed by atoms with Gasteiger partial charge >= 0.3 is 0 Å². The van der Waals surface area contributed by atoms with Crippen LogP contribution in [-0.2, 0) is 0 Å². The van der Waals surface area contributed by atoms with Crippen LogP contribution in [0.2, 0.25) is 0 Å². The van der Waals surface area contributed by atoms with Crippen molar-refractivity contribution in [1.29, 1.82) is 0 Å². The summed E-state index contributed by atoms with van der Waals surface area (Å²) in [7, 11) is 0. The molecule has 0 saturated carbocycles. The monoisotopic (exact) mass is 439 g/mol. The van der Waals surface area contributed by atoms with Crippen molar-refractivity contribution in [2.45, 2.75) is 32.1 Å². The smallest absolute Gasteiger partial charge is 0.259 e. The minimum Gasteiger partial charge on any atom is -0.356 e. The minimum atomic E-state index is -2.72. The van der Waals surface area contributed by atoms with Gasteiger partial charge in [-0.1, -0.05) is 30.3 Å². The summed E-state index contributed by atoms with van der Waals surface area (Å²) in [5, 5.41) is 2.87. The highest BCUT2D eigenvalue weighted by atomic mass is 19.3. The van der Waals surface area contributed by atoms with Crippen molar-refractivity contribution in [3.8, 4) is 11.1 Å². The van der Waals surface area contributed by atoms with E-state index in [1.165, 1.54) is 12.1 Å². The van der Waals surface area contributed by atoms with E-state index in [1.807, 2.05) is 18.2 Å². The van der Waals surface area contributed by atoms with E-state index in [1.54, 1.807) is 42.3 Å². The lowest BCUT2D eigenvalue weighted by Gasteiger charge is -2.26. The van der Waals surface area contributed by atoms with E-state index < -0.39 is 11.7 Å². The standard InChI is InChI=1S/C25H24F3N3O/c1-17-21(18-7-5-8-19(26)15-18)16-29-23(31-13-6-11-25(27,28)12-14-31)22(17)24(32)30-20-9-3-2-4-10-20/h2-5,7-10,15-16H,6,11-14H2,1H3,(H,30,32). The van der Waals surface area contributed by atoms with E-state index in [9.17, 15) is 18.0 Å². The van der Waals surface area contributed by atoms with Crippen molar-refractivity contribution in [2.24, 2.45) is 0 Å². The fourth-order valence-electron chi connectivity index (χ4n) is 4.04. The molecule has 2 heterocycles. The average Bonchev–Trinajstić information content (AvgIpc) is 2.94. The highest BCUT2D eigenvalue weighted by Gasteiger charge is 2.33. The molecule has 7 heteroatoms. The fourth-order valence-corrected chi connectivity index (χ4v) is 4.04. The predicted molar refractivity (Wildman–Crippen MR) is 120 cm³/mol. The van der Waals surface area contributed by atoms with Gasteiger partial charge in [0.2, 0.25) is 5.92 Å². The van der Waals surface area contributed by atoms with E-state index in [2.05, 4.69) is 10.3 Å². The molecular formula is C25H24F3N3O. The number of hydrogen-bond donors (Lipinski definition) is 1. The first-order valence-electron chi connectivity index (χ1n) is 10.6. The maximum atomic E-state index is 13.9. The van der Waals surface area contributed by atoms with Gasteiger partial charge < -0.3 is 10.2 Å². The number of carbonyl (C=O) groups excluding carboxylic acids is 1. The third kappa shape index (κ3) is 4.77. The summed E-state index contributed by atoms with van der Waals surface area (Å²) < 4.78 is 41.7. The van der Waals surface area contributed by atoms with E-state index in [0.29, 0.717) is 46.7 Å². The average molecular weight is 439 g/mol. The third-order valence-corrected chi connectivity index (χ3v) is 5.73. The van der Waals surface area contributed by atoms with Crippen LogP contribution >= 0.6 is 0 Å². The summed E-state index contributed by atoms with van der Waals surface area (Å²) in [5.74, 6) is -3.13. The van der Waals surface area contributed by atoms with Crippen LogP contribution in [0.1, 0.15) is 35.2 Å². The summed E-state index contributed by atoms with van der Waals surface area (Å²) in [4.78, 5) is 19.6. The number of pyridine rings is 1. The van der Waals surface area contributed by atoms with Crippen LogP contribution in [0.4, 0.5) is 24.7 Å². The molecule has 1 saturated heterocycles. The molecule has 32 heavy (non-hydrogen) atoms. The Bertz CT molecular complexity index is 1120. The number of hydrogen-bond acceptors (Lipinski definition) is 3. The zero-order chi connectivity index (χ0) is 22.7. The molecule has 4 rings (SSSR count). The summed E-state index contributed by atoms with van der Waals surface area (Å²) in [6, 6.07) is 15.1. The predicted octanol–water partition coefficient (Wildman–Crippen LogP) is 6.07. The number of amides is 1. The molecular weight excluding hydrogens is 415 g/mol. The van der Waals surface area contributed by atoms with Crippen molar-refractivity contribution in [1.82, 2.24) is 4.98 Å². The lowest BCUT2D eigenvalue weighted by atomic mass is 9.97. The number of para-hydroxylation sites is 1. The number of nitrogens with zero attached hydrogens (tertiary/aromatic N) is 2. The number of aromatic nitrogens is 1. The largest absolute Gasteiger partial charge is 0.356 e. The Balaban J connectivity index is 1.78.